The second kappa shape index (κ2) is 5.38. The number of nitrogens with zero attached hydrogens (tertiary/aromatic N) is 2. The molecule has 0 unspecified atom stereocenters. The number of ether oxygens (including phenoxy) is 1. The van der Waals surface area contributed by atoms with Gasteiger partial charge in [0.2, 0.25) is 0 Å². The van der Waals surface area contributed by atoms with Crippen LogP contribution in [0.2, 0.25) is 0 Å². The van der Waals surface area contributed by atoms with Crippen molar-refractivity contribution >= 4 is 6.08 Å². The molecule has 0 aliphatic carbocycles. The summed E-state index contributed by atoms with van der Waals surface area (Å²) in [6.07, 6.45) is 1.65. The zero-order chi connectivity index (χ0) is 12.3. The summed E-state index contributed by atoms with van der Waals surface area (Å²) in [7, 11) is 0. The lowest BCUT2D eigenvalue weighted by molar-refractivity contribution is 0.0331. The van der Waals surface area contributed by atoms with Gasteiger partial charge in [-0.25, -0.2) is 9.37 Å². The Hall–Kier alpha value is -1.26. The molecule has 0 radical (unpaired) electrons. The predicted molar refractivity (Wildman–Crippen MR) is 65.1 cm³/mol. The van der Waals surface area contributed by atoms with Gasteiger partial charge in [0, 0.05) is 19.6 Å². The lowest BCUT2D eigenvalue weighted by Gasteiger charge is -2.26. The monoisotopic (exact) mass is 236 g/mol. The molecule has 1 aliphatic heterocycles. The SMILES string of the molecule is C=Cc1cc(C)c(F)c(CN2CCOCC2)n1. The number of morpholine rings is 1. The summed E-state index contributed by atoms with van der Waals surface area (Å²) in [4.78, 5) is 6.42. The summed E-state index contributed by atoms with van der Waals surface area (Å²) in [5.74, 6) is -0.206. The number of hydrogen-bond acceptors (Lipinski definition) is 3. The fraction of sp³-hybridized carbons (Fsp3) is 0.462. The quantitative estimate of drug-likeness (QED) is 0.802. The van der Waals surface area contributed by atoms with Crippen molar-refractivity contribution in [1.82, 2.24) is 9.88 Å². The predicted octanol–water partition coefficient (Wildman–Crippen LogP) is 2.00. The fourth-order valence-corrected chi connectivity index (χ4v) is 1.93. The average molecular weight is 236 g/mol. The molecule has 1 aliphatic rings. The molecule has 0 bridgehead atoms. The van der Waals surface area contributed by atoms with Gasteiger partial charge >= 0.3 is 0 Å². The Bertz CT molecular complexity index is 414. The largest absolute Gasteiger partial charge is 0.379 e. The zero-order valence-corrected chi connectivity index (χ0v) is 10.1. The van der Waals surface area contributed by atoms with Gasteiger partial charge in [0.1, 0.15) is 5.82 Å². The molecule has 2 rings (SSSR count). The Morgan fingerprint density at radius 2 is 2.24 bits per heavy atom. The molecular formula is C13H17FN2O. The molecule has 0 amide bonds. The van der Waals surface area contributed by atoms with Crippen molar-refractivity contribution in [2.45, 2.75) is 13.5 Å². The van der Waals surface area contributed by atoms with Crippen molar-refractivity contribution in [3.05, 3.63) is 35.4 Å². The zero-order valence-electron chi connectivity index (χ0n) is 10.1. The number of rotatable bonds is 3. The highest BCUT2D eigenvalue weighted by molar-refractivity contribution is 5.43. The third-order valence-electron chi connectivity index (χ3n) is 2.91. The molecule has 3 nitrogen and oxygen atoms in total. The van der Waals surface area contributed by atoms with Gasteiger partial charge in [-0.3, -0.25) is 4.90 Å². The second-order valence-corrected chi connectivity index (χ2v) is 4.22. The van der Waals surface area contributed by atoms with Crippen LogP contribution in [0.25, 0.3) is 6.08 Å². The highest BCUT2D eigenvalue weighted by atomic mass is 19.1. The van der Waals surface area contributed by atoms with Gasteiger partial charge in [0.05, 0.1) is 24.6 Å². The van der Waals surface area contributed by atoms with E-state index >= 15 is 0 Å². The minimum absolute atomic E-state index is 0.206. The lowest BCUT2D eigenvalue weighted by Crippen LogP contribution is -2.36. The molecule has 17 heavy (non-hydrogen) atoms. The molecule has 1 aromatic heterocycles. The van der Waals surface area contributed by atoms with Crippen LogP contribution in [0.3, 0.4) is 0 Å². The lowest BCUT2D eigenvalue weighted by atomic mass is 10.2. The van der Waals surface area contributed by atoms with Crippen molar-refractivity contribution in [2.75, 3.05) is 26.3 Å². The Morgan fingerprint density at radius 3 is 2.88 bits per heavy atom. The first-order valence-corrected chi connectivity index (χ1v) is 5.79. The van der Waals surface area contributed by atoms with Crippen LogP contribution < -0.4 is 0 Å². The van der Waals surface area contributed by atoms with E-state index in [9.17, 15) is 4.39 Å². The van der Waals surface area contributed by atoms with E-state index in [-0.39, 0.29) is 5.82 Å². The Labute approximate surface area is 101 Å². The van der Waals surface area contributed by atoms with Crippen LogP contribution in [0.15, 0.2) is 12.6 Å². The van der Waals surface area contributed by atoms with Crippen molar-refractivity contribution < 1.29 is 9.13 Å². The van der Waals surface area contributed by atoms with E-state index in [0.717, 1.165) is 18.8 Å². The van der Waals surface area contributed by atoms with Crippen molar-refractivity contribution in [3.63, 3.8) is 0 Å². The third-order valence-corrected chi connectivity index (χ3v) is 2.91. The van der Waals surface area contributed by atoms with Gasteiger partial charge in [0.25, 0.3) is 0 Å². The fourth-order valence-electron chi connectivity index (χ4n) is 1.93. The van der Waals surface area contributed by atoms with Crippen molar-refractivity contribution in [3.8, 4) is 0 Å². The maximum atomic E-state index is 13.9. The van der Waals surface area contributed by atoms with Crippen molar-refractivity contribution in [1.29, 1.82) is 0 Å². The third kappa shape index (κ3) is 2.90. The molecule has 92 valence electrons. The van der Waals surface area contributed by atoms with Crippen molar-refractivity contribution in [2.24, 2.45) is 0 Å². The molecule has 0 saturated carbocycles. The minimum atomic E-state index is -0.206. The first-order chi connectivity index (χ1) is 8.20. The number of aryl methyl sites for hydroxylation is 1. The molecule has 1 saturated heterocycles. The topological polar surface area (TPSA) is 25.4 Å². The van der Waals surface area contributed by atoms with Gasteiger partial charge < -0.3 is 4.74 Å². The Kier molecular flexibility index (Phi) is 3.86. The second-order valence-electron chi connectivity index (χ2n) is 4.22. The standard InChI is InChI=1S/C13H17FN2O/c1-3-11-8-10(2)13(14)12(15-11)9-16-4-6-17-7-5-16/h3,8H,1,4-7,9H2,2H3. The first-order valence-electron chi connectivity index (χ1n) is 5.79. The minimum Gasteiger partial charge on any atom is -0.379 e. The Morgan fingerprint density at radius 1 is 1.53 bits per heavy atom. The van der Waals surface area contributed by atoms with Crippen LogP contribution >= 0.6 is 0 Å². The van der Waals surface area contributed by atoms with Crippen LogP contribution in [-0.4, -0.2) is 36.2 Å². The smallest absolute Gasteiger partial charge is 0.148 e. The molecule has 2 heterocycles. The molecule has 0 atom stereocenters. The summed E-state index contributed by atoms with van der Waals surface area (Å²) in [5.41, 5.74) is 1.85. The number of hydrogen-bond donors (Lipinski definition) is 0. The summed E-state index contributed by atoms with van der Waals surface area (Å²) < 4.78 is 19.2. The van der Waals surface area contributed by atoms with Crippen LogP contribution in [0.4, 0.5) is 4.39 Å². The van der Waals surface area contributed by atoms with E-state index in [1.165, 1.54) is 0 Å². The molecule has 1 aromatic rings. The van der Waals surface area contributed by atoms with E-state index in [0.29, 0.717) is 31.0 Å². The number of aromatic nitrogens is 1. The number of halogens is 1. The molecule has 0 spiro atoms. The van der Waals surface area contributed by atoms with E-state index in [1.807, 2.05) is 0 Å². The molecular weight excluding hydrogens is 219 g/mol. The molecule has 1 fully saturated rings. The van der Waals surface area contributed by atoms with E-state index in [2.05, 4.69) is 16.5 Å². The van der Waals surface area contributed by atoms with E-state index in [4.69, 9.17) is 4.74 Å². The van der Waals surface area contributed by atoms with Gasteiger partial charge in [-0.2, -0.15) is 0 Å². The van der Waals surface area contributed by atoms with Gasteiger partial charge in [0.15, 0.2) is 0 Å². The van der Waals surface area contributed by atoms with Crippen LogP contribution in [-0.2, 0) is 11.3 Å². The Balaban J connectivity index is 2.18. The van der Waals surface area contributed by atoms with Gasteiger partial charge in [-0.05, 0) is 24.6 Å². The number of pyridine rings is 1. The van der Waals surface area contributed by atoms with Crippen LogP contribution in [0.5, 0.6) is 0 Å². The van der Waals surface area contributed by atoms with Gasteiger partial charge in [-0.15, -0.1) is 0 Å². The summed E-state index contributed by atoms with van der Waals surface area (Å²) in [6, 6.07) is 1.71. The highest BCUT2D eigenvalue weighted by Crippen LogP contribution is 2.15. The maximum Gasteiger partial charge on any atom is 0.148 e. The first kappa shape index (κ1) is 12.2. The molecule has 0 aromatic carbocycles. The van der Waals surface area contributed by atoms with Gasteiger partial charge in [-0.1, -0.05) is 6.58 Å². The van der Waals surface area contributed by atoms with Crippen LogP contribution in [0, 0.1) is 12.7 Å². The highest BCUT2D eigenvalue weighted by Gasteiger charge is 2.15. The van der Waals surface area contributed by atoms with Crippen LogP contribution in [0.1, 0.15) is 17.0 Å². The summed E-state index contributed by atoms with van der Waals surface area (Å²) in [6.45, 7) is 9.05. The molecule has 0 N–H and O–H groups in total. The summed E-state index contributed by atoms with van der Waals surface area (Å²) >= 11 is 0. The van der Waals surface area contributed by atoms with E-state index < -0.39 is 0 Å². The van der Waals surface area contributed by atoms with E-state index in [1.54, 1.807) is 19.1 Å². The summed E-state index contributed by atoms with van der Waals surface area (Å²) in [5, 5.41) is 0. The molecule has 4 heteroatoms. The maximum absolute atomic E-state index is 13.9. The average Bonchev–Trinajstić information content (AvgIpc) is 2.36. The normalized spacial score (nSPS) is 17.1.